The smallest absolute Gasteiger partial charge is 0.148 e. The summed E-state index contributed by atoms with van der Waals surface area (Å²) in [5.74, 6) is 0. The summed E-state index contributed by atoms with van der Waals surface area (Å²) in [6.45, 7) is 1.69. The number of hydrogen-bond acceptors (Lipinski definition) is 2. The standard InChI is InChI=1S/C4H8O2.ClH/c1-4(3-5)6-2;/h3-4H,1-2H3;1H. The maximum Gasteiger partial charge on any atom is 0.148 e. The van der Waals surface area contributed by atoms with E-state index in [1.54, 1.807) is 6.92 Å². The Morgan fingerprint density at radius 3 is 2.14 bits per heavy atom. The molecule has 0 rings (SSSR count). The Bertz CT molecular complexity index is 47.0. The third kappa shape index (κ3) is 5.92. The summed E-state index contributed by atoms with van der Waals surface area (Å²) < 4.78 is 4.53. The molecule has 0 aliphatic heterocycles. The van der Waals surface area contributed by atoms with Gasteiger partial charge in [-0.05, 0) is 6.92 Å². The van der Waals surface area contributed by atoms with E-state index in [9.17, 15) is 4.79 Å². The highest BCUT2D eigenvalue weighted by Crippen LogP contribution is 1.75. The quantitative estimate of drug-likeness (QED) is 0.505. The van der Waals surface area contributed by atoms with Gasteiger partial charge in [0, 0.05) is 7.11 Å². The summed E-state index contributed by atoms with van der Waals surface area (Å²) in [5.41, 5.74) is 0. The predicted octanol–water partition coefficient (Wildman–Crippen LogP) is 0.642. The van der Waals surface area contributed by atoms with Gasteiger partial charge in [-0.25, -0.2) is 0 Å². The lowest BCUT2D eigenvalue weighted by molar-refractivity contribution is -0.115. The second kappa shape index (κ2) is 5.92. The molecule has 1 unspecified atom stereocenters. The van der Waals surface area contributed by atoms with E-state index in [1.165, 1.54) is 7.11 Å². The summed E-state index contributed by atoms with van der Waals surface area (Å²) in [7, 11) is 1.50. The molecule has 7 heavy (non-hydrogen) atoms. The first-order valence-electron chi connectivity index (χ1n) is 1.79. The van der Waals surface area contributed by atoms with Crippen LogP contribution >= 0.6 is 12.4 Å². The molecule has 0 saturated heterocycles. The number of halogens is 1. The normalized spacial score (nSPS) is 11.7. The van der Waals surface area contributed by atoms with Crippen molar-refractivity contribution in [2.75, 3.05) is 7.11 Å². The van der Waals surface area contributed by atoms with Crippen LogP contribution in [0.2, 0.25) is 0 Å². The van der Waals surface area contributed by atoms with Crippen LogP contribution in [0, 0.1) is 0 Å². The zero-order valence-corrected chi connectivity index (χ0v) is 5.20. The van der Waals surface area contributed by atoms with Crippen LogP contribution in [0.5, 0.6) is 0 Å². The van der Waals surface area contributed by atoms with Crippen molar-refractivity contribution in [1.82, 2.24) is 0 Å². The van der Waals surface area contributed by atoms with Crippen molar-refractivity contribution in [3.63, 3.8) is 0 Å². The van der Waals surface area contributed by atoms with E-state index >= 15 is 0 Å². The van der Waals surface area contributed by atoms with Gasteiger partial charge in [-0.3, -0.25) is 0 Å². The van der Waals surface area contributed by atoms with Gasteiger partial charge in [0.15, 0.2) is 0 Å². The molecular weight excluding hydrogens is 115 g/mol. The van der Waals surface area contributed by atoms with E-state index in [2.05, 4.69) is 4.74 Å². The molecule has 1 atom stereocenters. The highest BCUT2D eigenvalue weighted by atomic mass is 35.5. The molecule has 0 heterocycles. The fourth-order valence-corrected chi connectivity index (χ4v) is 0.0556. The maximum absolute atomic E-state index is 9.61. The van der Waals surface area contributed by atoms with Crippen molar-refractivity contribution in [3.05, 3.63) is 0 Å². The van der Waals surface area contributed by atoms with Crippen LogP contribution in [0.1, 0.15) is 6.92 Å². The third-order valence-corrected chi connectivity index (χ3v) is 0.563. The molecule has 0 bridgehead atoms. The van der Waals surface area contributed by atoms with Crippen LogP contribution in [0.3, 0.4) is 0 Å². The average molecular weight is 125 g/mol. The molecule has 0 aliphatic rings. The van der Waals surface area contributed by atoms with Crippen molar-refractivity contribution in [2.45, 2.75) is 13.0 Å². The molecular formula is C4H9ClO2. The Hall–Kier alpha value is -0.0800. The van der Waals surface area contributed by atoms with E-state index in [1.807, 2.05) is 0 Å². The van der Waals surface area contributed by atoms with Crippen LogP contribution in [0.25, 0.3) is 0 Å². The van der Waals surface area contributed by atoms with Crippen molar-refractivity contribution in [1.29, 1.82) is 0 Å². The average Bonchev–Trinajstić information content (AvgIpc) is 1.65. The van der Waals surface area contributed by atoms with E-state index in [0.29, 0.717) is 0 Å². The van der Waals surface area contributed by atoms with Crippen LogP contribution in [-0.2, 0) is 9.53 Å². The van der Waals surface area contributed by atoms with E-state index in [4.69, 9.17) is 0 Å². The van der Waals surface area contributed by atoms with Gasteiger partial charge in [-0.15, -0.1) is 12.4 Å². The van der Waals surface area contributed by atoms with Crippen LogP contribution < -0.4 is 0 Å². The molecule has 3 heteroatoms. The van der Waals surface area contributed by atoms with Gasteiger partial charge < -0.3 is 9.53 Å². The molecule has 0 radical (unpaired) electrons. The van der Waals surface area contributed by atoms with Crippen molar-refractivity contribution >= 4 is 18.7 Å². The van der Waals surface area contributed by atoms with Gasteiger partial charge in [-0.2, -0.15) is 0 Å². The highest BCUT2D eigenvalue weighted by molar-refractivity contribution is 5.85. The molecule has 0 aromatic carbocycles. The van der Waals surface area contributed by atoms with E-state index in [-0.39, 0.29) is 18.5 Å². The largest absolute Gasteiger partial charge is 0.374 e. The van der Waals surface area contributed by atoms with Crippen LogP contribution in [0.4, 0.5) is 0 Å². The van der Waals surface area contributed by atoms with Gasteiger partial charge in [0.2, 0.25) is 0 Å². The van der Waals surface area contributed by atoms with Gasteiger partial charge in [0.25, 0.3) is 0 Å². The SMILES string of the molecule is COC(C)C=O.Cl. The lowest BCUT2D eigenvalue weighted by atomic mass is 10.5. The topological polar surface area (TPSA) is 26.3 Å². The summed E-state index contributed by atoms with van der Waals surface area (Å²) in [6.07, 6.45) is 0.505. The number of aldehydes is 1. The van der Waals surface area contributed by atoms with Crippen LogP contribution in [0.15, 0.2) is 0 Å². The number of ether oxygens (including phenoxy) is 1. The first-order chi connectivity index (χ1) is 2.81. The lowest BCUT2D eigenvalue weighted by Gasteiger charge is -1.93. The highest BCUT2D eigenvalue weighted by Gasteiger charge is 1.88. The van der Waals surface area contributed by atoms with Crippen molar-refractivity contribution in [2.24, 2.45) is 0 Å². The second-order valence-electron chi connectivity index (χ2n) is 1.08. The summed E-state index contributed by atoms with van der Waals surface area (Å²) >= 11 is 0. The Labute approximate surface area is 49.3 Å². The number of carbonyl (C=O) groups excluding carboxylic acids is 1. The predicted molar refractivity (Wildman–Crippen MR) is 29.8 cm³/mol. The number of rotatable bonds is 2. The zero-order chi connectivity index (χ0) is 4.99. The molecule has 0 N–H and O–H groups in total. The molecule has 0 fully saturated rings. The third-order valence-electron chi connectivity index (χ3n) is 0.563. The molecule has 2 nitrogen and oxygen atoms in total. The monoisotopic (exact) mass is 124 g/mol. The van der Waals surface area contributed by atoms with Gasteiger partial charge in [0.1, 0.15) is 12.4 Å². The first kappa shape index (κ1) is 10.0. The second-order valence-corrected chi connectivity index (χ2v) is 1.08. The number of methoxy groups -OCH3 is 1. The minimum Gasteiger partial charge on any atom is -0.374 e. The minimum absolute atomic E-state index is 0. The number of hydrogen-bond donors (Lipinski definition) is 0. The first-order valence-corrected chi connectivity index (χ1v) is 1.79. The van der Waals surface area contributed by atoms with Crippen LogP contribution in [-0.4, -0.2) is 19.5 Å². The molecule has 0 aromatic rings. The Balaban J connectivity index is 0. The number of carbonyl (C=O) groups is 1. The molecule has 0 saturated carbocycles. The van der Waals surface area contributed by atoms with Crippen molar-refractivity contribution in [3.8, 4) is 0 Å². The van der Waals surface area contributed by atoms with Gasteiger partial charge in [-0.1, -0.05) is 0 Å². The summed E-state index contributed by atoms with van der Waals surface area (Å²) in [4.78, 5) is 9.61. The van der Waals surface area contributed by atoms with Gasteiger partial charge >= 0.3 is 0 Å². The fraction of sp³-hybridized carbons (Fsp3) is 0.750. The summed E-state index contributed by atoms with van der Waals surface area (Å²) in [6, 6.07) is 0. The van der Waals surface area contributed by atoms with E-state index < -0.39 is 0 Å². The Morgan fingerprint density at radius 2 is 2.14 bits per heavy atom. The zero-order valence-electron chi connectivity index (χ0n) is 4.38. The van der Waals surface area contributed by atoms with E-state index in [0.717, 1.165) is 6.29 Å². The minimum atomic E-state index is -0.245. The van der Waals surface area contributed by atoms with Crippen molar-refractivity contribution < 1.29 is 9.53 Å². The fourth-order valence-electron chi connectivity index (χ4n) is 0.0556. The summed E-state index contributed by atoms with van der Waals surface area (Å²) in [5, 5.41) is 0. The molecule has 0 aromatic heterocycles. The molecule has 0 spiro atoms. The Kier molecular flexibility index (Phi) is 8.47. The Morgan fingerprint density at radius 1 is 1.71 bits per heavy atom. The lowest BCUT2D eigenvalue weighted by Crippen LogP contribution is -2.04. The molecule has 0 aliphatic carbocycles. The molecule has 0 amide bonds. The van der Waals surface area contributed by atoms with Gasteiger partial charge in [0.05, 0.1) is 0 Å². The molecule has 44 valence electrons. The maximum atomic E-state index is 9.61.